The van der Waals surface area contributed by atoms with E-state index in [4.69, 9.17) is 18.6 Å². The van der Waals surface area contributed by atoms with Crippen molar-refractivity contribution in [3.63, 3.8) is 0 Å². The highest BCUT2D eigenvalue weighted by Gasteiger charge is 2.46. The molecule has 3 atom stereocenters. The summed E-state index contributed by atoms with van der Waals surface area (Å²) in [6.45, 7) is 11.6. The van der Waals surface area contributed by atoms with Crippen molar-refractivity contribution in [1.29, 1.82) is 0 Å². The molecule has 0 aromatic heterocycles. The third kappa shape index (κ3) is 5.69. The number of rotatable bonds is 9. The second kappa shape index (κ2) is 11.1. The van der Waals surface area contributed by atoms with E-state index in [-0.39, 0.29) is 17.7 Å². The van der Waals surface area contributed by atoms with Gasteiger partial charge in [-0.05, 0) is 47.0 Å². The lowest BCUT2D eigenvalue weighted by atomic mass is 9.80. The first-order chi connectivity index (χ1) is 17.6. The zero-order chi connectivity index (χ0) is 26.7. The Morgan fingerprint density at radius 2 is 1.35 bits per heavy atom. The van der Waals surface area contributed by atoms with Crippen molar-refractivity contribution in [3.8, 4) is 5.75 Å². The fourth-order valence-electron chi connectivity index (χ4n) is 4.59. The summed E-state index contributed by atoms with van der Waals surface area (Å²) in [5.74, 6) is 0.777. The van der Waals surface area contributed by atoms with Crippen molar-refractivity contribution in [1.82, 2.24) is 0 Å². The summed E-state index contributed by atoms with van der Waals surface area (Å²) in [6.07, 6.45) is -1.63. The number of benzene rings is 3. The smallest absolute Gasteiger partial charge is 0.192 e. The molecule has 5 nitrogen and oxygen atoms in total. The Morgan fingerprint density at radius 3 is 1.84 bits per heavy atom. The molecule has 0 amide bonds. The third-order valence-electron chi connectivity index (χ3n) is 7.81. The molecule has 0 radical (unpaired) electrons. The van der Waals surface area contributed by atoms with Crippen LogP contribution < -0.4 is 4.74 Å². The van der Waals surface area contributed by atoms with Crippen LogP contribution in [0, 0.1) is 0 Å². The number of hydrogen-bond acceptors (Lipinski definition) is 5. The highest BCUT2D eigenvalue weighted by Crippen LogP contribution is 2.42. The number of aliphatic hydroxyl groups excluding tert-OH is 1. The summed E-state index contributed by atoms with van der Waals surface area (Å²) in [5, 5.41) is 11.3. The molecule has 1 aliphatic heterocycles. The molecular formula is C31H40O5Si. The largest absolute Gasteiger partial charge is 0.497 e. The molecule has 1 aliphatic rings. The maximum absolute atomic E-state index is 11.2. The Labute approximate surface area is 222 Å². The van der Waals surface area contributed by atoms with Gasteiger partial charge >= 0.3 is 0 Å². The molecule has 37 heavy (non-hydrogen) atoms. The predicted molar refractivity (Wildman–Crippen MR) is 150 cm³/mol. The second-order valence-corrected chi connectivity index (χ2v) is 16.0. The Hall–Kier alpha value is -2.48. The zero-order valence-electron chi connectivity index (χ0n) is 22.8. The van der Waals surface area contributed by atoms with Crippen molar-refractivity contribution in [2.75, 3.05) is 20.3 Å². The van der Waals surface area contributed by atoms with Gasteiger partial charge < -0.3 is 23.7 Å². The van der Waals surface area contributed by atoms with Crippen molar-refractivity contribution in [2.24, 2.45) is 0 Å². The first-order valence-electron chi connectivity index (χ1n) is 13.0. The summed E-state index contributed by atoms with van der Waals surface area (Å²) in [7, 11) is -0.400. The second-order valence-electron chi connectivity index (χ2n) is 11.2. The van der Waals surface area contributed by atoms with Gasteiger partial charge in [0.05, 0.1) is 26.4 Å². The first-order valence-corrected chi connectivity index (χ1v) is 15.9. The van der Waals surface area contributed by atoms with Gasteiger partial charge in [0.2, 0.25) is 0 Å². The average Bonchev–Trinajstić information content (AvgIpc) is 3.23. The Morgan fingerprint density at radius 1 is 0.838 bits per heavy atom. The van der Waals surface area contributed by atoms with E-state index in [0.717, 1.165) is 22.4 Å². The van der Waals surface area contributed by atoms with Crippen LogP contribution >= 0.6 is 0 Å². The van der Waals surface area contributed by atoms with E-state index in [9.17, 15) is 5.11 Å². The highest BCUT2D eigenvalue weighted by atomic mass is 28.4. The molecule has 3 unspecified atom stereocenters. The van der Waals surface area contributed by atoms with Gasteiger partial charge in [-0.25, -0.2) is 0 Å². The van der Waals surface area contributed by atoms with Crippen molar-refractivity contribution >= 4 is 8.32 Å². The van der Waals surface area contributed by atoms with Crippen molar-refractivity contribution < 1.29 is 23.7 Å². The minimum absolute atomic E-state index is 0.0471. The molecular weight excluding hydrogens is 480 g/mol. The molecule has 6 heteroatoms. The van der Waals surface area contributed by atoms with E-state index < -0.39 is 26.1 Å². The average molecular weight is 521 g/mol. The Balaban J connectivity index is 1.67. The number of methoxy groups -OCH3 is 1. The van der Waals surface area contributed by atoms with E-state index in [1.54, 1.807) is 7.11 Å². The molecule has 198 valence electrons. The van der Waals surface area contributed by atoms with Crippen LogP contribution in [-0.4, -0.2) is 52.1 Å². The fraction of sp³-hybridized carbons (Fsp3) is 0.419. The van der Waals surface area contributed by atoms with Gasteiger partial charge in [-0.3, -0.25) is 0 Å². The molecule has 3 aromatic rings. The van der Waals surface area contributed by atoms with E-state index in [1.165, 1.54) is 0 Å². The summed E-state index contributed by atoms with van der Waals surface area (Å²) in [4.78, 5) is 0. The maximum Gasteiger partial charge on any atom is 0.192 e. The topological polar surface area (TPSA) is 57.2 Å². The van der Waals surface area contributed by atoms with E-state index in [0.29, 0.717) is 6.61 Å². The third-order valence-corrected chi connectivity index (χ3v) is 12.3. The Kier molecular flexibility index (Phi) is 8.26. The minimum atomic E-state index is -2.06. The standard InChI is InChI=1S/C31H40O5Si/c1-30(2,3)37(5,6)36-28-21-34-27(29(28)32)22-35-31(23-13-9-7-10-14-23,24-15-11-8-12-16-24)25-17-19-26(33-4)20-18-25/h7-20,27-29,32H,21-22H2,1-6H3. The highest BCUT2D eigenvalue weighted by molar-refractivity contribution is 6.74. The van der Waals surface area contributed by atoms with E-state index in [1.807, 2.05) is 60.7 Å². The van der Waals surface area contributed by atoms with Crippen LogP contribution in [0.4, 0.5) is 0 Å². The molecule has 1 fully saturated rings. The number of hydrogen-bond donors (Lipinski definition) is 1. The lowest BCUT2D eigenvalue weighted by Crippen LogP contribution is -2.48. The van der Waals surface area contributed by atoms with Crippen LogP contribution in [0.25, 0.3) is 0 Å². The monoisotopic (exact) mass is 520 g/mol. The summed E-state index contributed by atoms with van der Waals surface area (Å²) >= 11 is 0. The van der Waals surface area contributed by atoms with E-state index >= 15 is 0 Å². The van der Waals surface area contributed by atoms with Gasteiger partial charge in [-0.15, -0.1) is 0 Å². The number of ether oxygens (including phenoxy) is 3. The molecule has 3 aromatic carbocycles. The predicted octanol–water partition coefficient (Wildman–Crippen LogP) is 6.15. The molecule has 1 heterocycles. The zero-order valence-corrected chi connectivity index (χ0v) is 23.8. The molecule has 0 bridgehead atoms. The van der Waals surface area contributed by atoms with Gasteiger partial charge in [0.1, 0.15) is 23.6 Å². The summed E-state index contributed by atoms with van der Waals surface area (Å²) < 4.78 is 24.9. The van der Waals surface area contributed by atoms with Crippen LogP contribution in [0.3, 0.4) is 0 Å². The van der Waals surface area contributed by atoms with Crippen molar-refractivity contribution in [2.45, 2.75) is 62.8 Å². The van der Waals surface area contributed by atoms with Gasteiger partial charge in [0.15, 0.2) is 8.32 Å². The lowest BCUT2D eigenvalue weighted by molar-refractivity contribution is -0.0722. The molecule has 0 saturated carbocycles. The van der Waals surface area contributed by atoms with Gasteiger partial charge in [0.25, 0.3) is 0 Å². The first kappa shape index (κ1) is 27.5. The van der Waals surface area contributed by atoms with E-state index in [2.05, 4.69) is 58.1 Å². The maximum atomic E-state index is 11.2. The van der Waals surface area contributed by atoms with Crippen molar-refractivity contribution in [3.05, 3.63) is 102 Å². The lowest BCUT2D eigenvalue weighted by Gasteiger charge is -2.39. The van der Waals surface area contributed by atoms with Gasteiger partial charge in [-0.2, -0.15) is 0 Å². The summed E-state index contributed by atoms with van der Waals surface area (Å²) in [6, 6.07) is 28.3. The minimum Gasteiger partial charge on any atom is -0.497 e. The quantitative estimate of drug-likeness (QED) is 0.271. The van der Waals surface area contributed by atoms with Gasteiger partial charge in [-0.1, -0.05) is 93.6 Å². The molecule has 4 rings (SSSR count). The summed E-state index contributed by atoms with van der Waals surface area (Å²) in [5.41, 5.74) is 2.05. The molecule has 0 spiro atoms. The van der Waals surface area contributed by atoms with Crippen LogP contribution in [0.15, 0.2) is 84.9 Å². The fourth-order valence-corrected chi connectivity index (χ4v) is 5.91. The molecule has 0 aliphatic carbocycles. The SMILES string of the molecule is COc1ccc(C(OCC2OCC(O[Si](C)(C)C(C)(C)C)C2O)(c2ccccc2)c2ccccc2)cc1. The van der Waals surface area contributed by atoms with Crippen LogP contribution in [-0.2, 0) is 19.5 Å². The number of aliphatic hydroxyl groups is 1. The van der Waals surface area contributed by atoms with Gasteiger partial charge in [0, 0.05) is 0 Å². The molecule has 1 saturated heterocycles. The van der Waals surface area contributed by atoms with Crippen LogP contribution in [0.5, 0.6) is 5.75 Å². The van der Waals surface area contributed by atoms with Crippen LogP contribution in [0.2, 0.25) is 18.1 Å². The molecule has 1 N–H and O–H groups in total. The normalized spacial score (nSPS) is 20.7. The van der Waals surface area contributed by atoms with Crippen LogP contribution in [0.1, 0.15) is 37.5 Å². The Bertz CT molecular complexity index is 1090.